The smallest absolute Gasteiger partial charge is 0.282 e. The highest BCUT2D eigenvalue weighted by Gasteiger charge is 2.15. The summed E-state index contributed by atoms with van der Waals surface area (Å²) in [6, 6.07) is 0. The van der Waals surface area contributed by atoms with E-state index in [1.807, 2.05) is 23.5 Å². The number of nitrogens with one attached hydrogen (secondary N) is 1. The molecule has 1 aliphatic rings. The van der Waals surface area contributed by atoms with Crippen molar-refractivity contribution in [3.63, 3.8) is 0 Å². The molecule has 94 valence electrons. The van der Waals surface area contributed by atoms with Crippen LogP contribution in [0.4, 0.5) is 5.69 Å². The van der Waals surface area contributed by atoms with Gasteiger partial charge in [0.2, 0.25) is 0 Å². The van der Waals surface area contributed by atoms with Gasteiger partial charge < -0.3 is 5.32 Å². The number of nitrogens with zero attached hydrogens (tertiary/aromatic N) is 2. The summed E-state index contributed by atoms with van der Waals surface area (Å²) in [5.74, 6) is 3.64. The lowest BCUT2D eigenvalue weighted by Crippen LogP contribution is -2.26. The lowest BCUT2D eigenvalue weighted by Gasteiger charge is -2.21. The third kappa shape index (κ3) is 3.42. The summed E-state index contributed by atoms with van der Waals surface area (Å²) >= 11 is 7.30. The van der Waals surface area contributed by atoms with E-state index in [1.165, 1.54) is 21.9 Å². The van der Waals surface area contributed by atoms with Crippen LogP contribution in [0.5, 0.6) is 0 Å². The van der Waals surface area contributed by atoms with Gasteiger partial charge in [-0.25, -0.2) is 4.68 Å². The van der Waals surface area contributed by atoms with Gasteiger partial charge in [-0.05, 0) is 15.9 Å². The number of hydrogen-bond donors (Lipinski definition) is 1. The zero-order chi connectivity index (χ0) is 12.3. The first-order valence-corrected chi connectivity index (χ1v) is 8.33. The predicted octanol–water partition coefficient (Wildman–Crippen LogP) is 1.80. The fourth-order valence-electron chi connectivity index (χ4n) is 1.51. The average Bonchev–Trinajstić information content (AvgIpc) is 2.36. The zero-order valence-electron chi connectivity index (χ0n) is 9.48. The molecule has 1 N–H and O–H groups in total. The summed E-state index contributed by atoms with van der Waals surface area (Å²) in [5, 5.41) is 7.91. The lowest BCUT2D eigenvalue weighted by atomic mass is 10.4. The first-order valence-electron chi connectivity index (χ1n) is 5.33. The van der Waals surface area contributed by atoms with Crippen molar-refractivity contribution in [3.05, 3.63) is 21.0 Å². The molecule has 1 fully saturated rings. The Hall–Kier alpha value is -0.140. The molecule has 0 radical (unpaired) electrons. The van der Waals surface area contributed by atoms with Gasteiger partial charge in [0, 0.05) is 36.1 Å². The number of anilines is 1. The molecule has 4 nitrogen and oxygen atoms in total. The van der Waals surface area contributed by atoms with Crippen LogP contribution in [-0.4, -0.2) is 38.8 Å². The van der Waals surface area contributed by atoms with Gasteiger partial charge in [0.05, 0.1) is 11.9 Å². The standard InChI is InChI=1S/C10H14BrN3OS2/c1-14-10(15)9(11)8(5-13-14)12-4-7-6-16-2-3-17-7/h5,7,12H,2-4,6H2,1H3. The van der Waals surface area contributed by atoms with E-state index in [2.05, 4.69) is 26.3 Å². The maximum atomic E-state index is 11.6. The van der Waals surface area contributed by atoms with Gasteiger partial charge in [0.25, 0.3) is 5.56 Å². The van der Waals surface area contributed by atoms with Crippen LogP contribution in [0.3, 0.4) is 0 Å². The topological polar surface area (TPSA) is 46.9 Å². The van der Waals surface area contributed by atoms with E-state index in [0.717, 1.165) is 12.2 Å². The molecule has 0 saturated carbocycles. The van der Waals surface area contributed by atoms with Crippen LogP contribution in [0.25, 0.3) is 0 Å². The largest absolute Gasteiger partial charge is 0.382 e. The molecule has 1 saturated heterocycles. The highest BCUT2D eigenvalue weighted by Crippen LogP contribution is 2.25. The summed E-state index contributed by atoms with van der Waals surface area (Å²) in [6.07, 6.45) is 1.69. The van der Waals surface area contributed by atoms with Crippen LogP contribution in [0, 0.1) is 0 Å². The third-order valence-corrected chi connectivity index (χ3v) is 6.09. The number of aryl methyl sites for hydroxylation is 1. The van der Waals surface area contributed by atoms with Crippen molar-refractivity contribution < 1.29 is 0 Å². The second-order valence-corrected chi connectivity index (χ2v) is 7.10. The summed E-state index contributed by atoms with van der Waals surface area (Å²) < 4.78 is 1.88. The van der Waals surface area contributed by atoms with Gasteiger partial charge in [-0.15, -0.1) is 0 Å². The van der Waals surface area contributed by atoms with Crippen LogP contribution in [0.2, 0.25) is 0 Å². The van der Waals surface area contributed by atoms with Crippen LogP contribution in [0.15, 0.2) is 15.5 Å². The molecule has 0 bridgehead atoms. The monoisotopic (exact) mass is 335 g/mol. The van der Waals surface area contributed by atoms with E-state index < -0.39 is 0 Å². The molecular formula is C10H14BrN3OS2. The molecule has 0 aliphatic carbocycles. The maximum Gasteiger partial charge on any atom is 0.282 e. The van der Waals surface area contributed by atoms with Crippen molar-refractivity contribution >= 4 is 45.1 Å². The molecular weight excluding hydrogens is 322 g/mol. The molecule has 1 unspecified atom stereocenters. The van der Waals surface area contributed by atoms with Crippen molar-refractivity contribution in [2.75, 3.05) is 29.1 Å². The van der Waals surface area contributed by atoms with Crippen molar-refractivity contribution in [1.29, 1.82) is 0 Å². The molecule has 1 aromatic rings. The van der Waals surface area contributed by atoms with Crippen molar-refractivity contribution in [2.45, 2.75) is 5.25 Å². The first-order chi connectivity index (χ1) is 8.18. The van der Waals surface area contributed by atoms with Gasteiger partial charge in [0.1, 0.15) is 4.47 Å². The molecule has 2 heterocycles. The Morgan fingerprint density at radius 3 is 3.18 bits per heavy atom. The molecule has 0 amide bonds. The van der Waals surface area contributed by atoms with Crippen LogP contribution < -0.4 is 10.9 Å². The van der Waals surface area contributed by atoms with Crippen molar-refractivity contribution in [3.8, 4) is 0 Å². The number of hydrogen-bond acceptors (Lipinski definition) is 5. The minimum Gasteiger partial charge on any atom is -0.382 e. The summed E-state index contributed by atoms with van der Waals surface area (Å²) in [5.41, 5.74) is 0.671. The Balaban J connectivity index is 1.99. The normalized spacial score (nSPS) is 20.2. The summed E-state index contributed by atoms with van der Waals surface area (Å²) in [7, 11) is 1.64. The average molecular weight is 336 g/mol. The SMILES string of the molecule is Cn1ncc(NCC2CSCCS2)c(Br)c1=O. The summed E-state index contributed by atoms with van der Waals surface area (Å²) in [6.45, 7) is 0.880. The highest BCUT2D eigenvalue weighted by atomic mass is 79.9. The molecule has 0 spiro atoms. The summed E-state index contributed by atoms with van der Waals surface area (Å²) in [4.78, 5) is 11.6. The van der Waals surface area contributed by atoms with Crippen molar-refractivity contribution in [2.24, 2.45) is 7.05 Å². The lowest BCUT2D eigenvalue weighted by molar-refractivity contribution is 0.703. The molecule has 2 rings (SSSR count). The Kier molecular flexibility index (Phi) is 4.81. The number of thioether (sulfide) groups is 2. The fourth-order valence-corrected chi connectivity index (χ4v) is 4.62. The Morgan fingerprint density at radius 1 is 1.65 bits per heavy atom. The highest BCUT2D eigenvalue weighted by molar-refractivity contribution is 9.10. The van der Waals surface area contributed by atoms with E-state index in [0.29, 0.717) is 9.72 Å². The minimum atomic E-state index is -0.110. The van der Waals surface area contributed by atoms with E-state index >= 15 is 0 Å². The molecule has 7 heteroatoms. The molecule has 1 atom stereocenters. The van der Waals surface area contributed by atoms with Crippen LogP contribution in [0.1, 0.15) is 0 Å². The number of rotatable bonds is 3. The van der Waals surface area contributed by atoms with E-state index in [-0.39, 0.29) is 5.56 Å². The number of aromatic nitrogens is 2. The zero-order valence-corrected chi connectivity index (χ0v) is 12.7. The third-order valence-electron chi connectivity index (χ3n) is 2.48. The predicted molar refractivity (Wildman–Crippen MR) is 79.2 cm³/mol. The van der Waals surface area contributed by atoms with Gasteiger partial charge in [-0.1, -0.05) is 0 Å². The second kappa shape index (κ2) is 6.15. The first kappa shape index (κ1) is 13.3. The minimum absolute atomic E-state index is 0.110. The van der Waals surface area contributed by atoms with Gasteiger partial charge >= 0.3 is 0 Å². The Labute approximate surface area is 117 Å². The van der Waals surface area contributed by atoms with E-state index in [9.17, 15) is 4.79 Å². The Morgan fingerprint density at radius 2 is 2.47 bits per heavy atom. The molecule has 1 aliphatic heterocycles. The second-order valence-electron chi connectivity index (χ2n) is 3.75. The van der Waals surface area contributed by atoms with Crippen LogP contribution >= 0.6 is 39.5 Å². The van der Waals surface area contributed by atoms with Gasteiger partial charge in [-0.3, -0.25) is 4.79 Å². The fraction of sp³-hybridized carbons (Fsp3) is 0.600. The van der Waals surface area contributed by atoms with E-state index in [1.54, 1.807) is 13.2 Å². The van der Waals surface area contributed by atoms with E-state index in [4.69, 9.17) is 0 Å². The van der Waals surface area contributed by atoms with Gasteiger partial charge in [-0.2, -0.15) is 28.6 Å². The molecule has 1 aromatic heterocycles. The molecule has 17 heavy (non-hydrogen) atoms. The van der Waals surface area contributed by atoms with Crippen molar-refractivity contribution in [1.82, 2.24) is 9.78 Å². The number of halogens is 1. The quantitative estimate of drug-likeness (QED) is 0.912. The van der Waals surface area contributed by atoms with Crippen LogP contribution in [-0.2, 0) is 7.05 Å². The maximum absolute atomic E-state index is 11.6. The molecule has 0 aromatic carbocycles. The van der Waals surface area contributed by atoms with Gasteiger partial charge in [0.15, 0.2) is 0 Å². The Bertz CT molecular complexity index is 446.